The second-order valence-corrected chi connectivity index (χ2v) is 10.7. The zero-order valence-corrected chi connectivity index (χ0v) is 18.7. The Labute approximate surface area is 182 Å². The van der Waals surface area contributed by atoms with E-state index in [1.165, 1.54) is 24.3 Å². The average molecular weight is 458 g/mol. The monoisotopic (exact) mass is 457 g/mol. The predicted molar refractivity (Wildman–Crippen MR) is 122 cm³/mol. The van der Waals surface area contributed by atoms with Gasteiger partial charge in [-0.25, -0.2) is 22.0 Å². The summed E-state index contributed by atoms with van der Waals surface area (Å²) in [5.41, 5.74) is 6.30. The van der Waals surface area contributed by atoms with Crippen molar-refractivity contribution in [3.8, 4) is 0 Å². The summed E-state index contributed by atoms with van der Waals surface area (Å²) in [6, 6.07) is 19.7. The molecule has 0 saturated heterocycles. The van der Waals surface area contributed by atoms with Gasteiger partial charge in [0.05, 0.1) is 26.9 Å². The smallest absolute Gasteiger partial charge is 0.238 e. The summed E-state index contributed by atoms with van der Waals surface area (Å²) in [5, 5.41) is 9.43. The molecule has 0 aliphatic carbocycles. The zero-order chi connectivity index (χ0) is 22.6. The van der Waals surface area contributed by atoms with Crippen molar-refractivity contribution in [2.45, 2.75) is 23.6 Å². The first-order valence-corrected chi connectivity index (χ1v) is 12.6. The number of aryl methyl sites for hydroxylation is 2. The number of hydrogen-bond donors (Lipinski definition) is 2. The van der Waals surface area contributed by atoms with Crippen LogP contribution in [0.1, 0.15) is 16.7 Å². The number of anilines is 1. The van der Waals surface area contributed by atoms with Gasteiger partial charge in [0.25, 0.3) is 0 Å². The summed E-state index contributed by atoms with van der Waals surface area (Å²) in [7, 11) is -7.43. The molecular formula is C22H23N3O4S2. The molecule has 9 heteroatoms. The number of hydrazone groups is 1. The maximum absolute atomic E-state index is 13.0. The van der Waals surface area contributed by atoms with Crippen LogP contribution >= 0.6 is 0 Å². The maximum Gasteiger partial charge on any atom is 0.238 e. The molecule has 0 fully saturated rings. The highest BCUT2D eigenvalue weighted by Crippen LogP contribution is 2.17. The lowest BCUT2D eigenvalue weighted by molar-refractivity contribution is 0.596. The number of rotatable bonds is 7. The number of sulfonamides is 1. The van der Waals surface area contributed by atoms with Crippen LogP contribution in [0.25, 0.3) is 0 Å². The minimum absolute atomic E-state index is 0.0252. The molecule has 3 aromatic carbocycles. The van der Waals surface area contributed by atoms with E-state index in [-0.39, 0.29) is 15.5 Å². The van der Waals surface area contributed by atoms with Crippen LogP contribution in [0.2, 0.25) is 0 Å². The lowest BCUT2D eigenvalue weighted by Crippen LogP contribution is -2.19. The Morgan fingerprint density at radius 3 is 1.77 bits per heavy atom. The molecule has 7 nitrogen and oxygen atoms in total. The van der Waals surface area contributed by atoms with E-state index >= 15 is 0 Å². The van der Waals surface area contributed by atoms with Crippen molar-refractivity contribution in [3.63, 3.8) is 0 Å². The van der Waals surface area contributed by atoms with Gasteiger partial charge in [-0.3, -0.25) is 5.43 Å². The van der Waals surface area contributed by atoms with E-state index in [0.717, 1.165) is 11.1 Å². The topological polar surface area (TPSA) is 119 Å². The van der Waals surface area contributed by atoms with Crippen molar-refractivity contribution in [1.82, 2.24) is 0 Å². The molecule has 0 atom stereocenters. The largest absolute Gasteiger partial charge is 0.278 e. The summed E-state index contributed by atoms with van der Waals surface area (Å²) in [5.74, 6) is -0.304. The van der Waals surface area contributed by atoms with Gasteiger partial charge in [-0.15, -0.1) is 0 Å². The first-order valence-electron chi connectivity index (χ1n) is 9.36. The molecular weight excluding hydrogens is 434 g/mol. The third-order valence-corrected chi connectivity index (χ3v) is 7.17. The van der Waals surface area contributed by atoms with E-state index in [4.69, 9.17) is 5.14 Å². The summed E-state index contributed by atoms with van der Waals surface area (Å²) >= 11 is 0. The van der Waals surface area contributed by atoms with E-state index in [2.05, 4.69) is 10.5 Å². The average Bonchev–Trinajstić information content (AvgIpc) is 2.72. The number of sulfone groups is 1. The molecule has 0 bridgehead atoms. The van der Waals surface area contributed by atoms with Crippen LogP contribution in [0.15, 0.2) is 87.7 Å². The number of nitrogens with one attached hydrogen (secondary N) is 1. The minimum Gasteiger partial charge on any atom is -0.278 e. The number of primary sulfonamides is 1. The predicted octanol–water partition coefficient (Wildman–Crippen LogP) is 3.24. The second kappa shape index (κ2) is 9.01. The number of benzene rings is 3. The molecule has 0 radical (unpaired) electrons. The lowest BCUT2D eigenvalue weighted by atomic mass is 10.1. The Kier molecular flexibility index (Phi) is 6.59. The van der Waals surface area contributed by atoms with Crippen LogP contribution in [-0.4, -0.2) is 28.3 Å². The van der Waals surface area contributed by atoms with Gasteiger partial charge in [0, 0.05) is 0 Å². The summed E-state index contributed by atoms with van der Waals surface area (Å²) in [6.07, 6.45) is 0. The molecule has 31 heavy (non-hydrogen) atoms. The first kappa shape index (κ1) is 22.7. The number of hydrogen-bond acceptors (Lipinski definition) is 6. The van der Waals surface area contributed by atoms with E-state index in [1.54, 1.807) is 24.3 Å². The molecule has 3 N–H and O–H groups in total. The van der Waals surface area contributed by atoms with Gasteiger partial charge in [0.1, 0.15) is 0 Å². The van der Waals surface area contributed by atoms with Crippen LogP contribution < -0.4 is 10.6 Å². The lowest BCUT2D eigenvalue weighted by Gasteiger charge is -2.10. The van der Waals surface area contributed by atoms with E-state index < -0.39 is 19.9 Å². The van der Waals surface area contributed by atoms with Gasteiger partial charge in [0.15, 0.2) is 9.84 Å². The number of nitrogens with zero attached hydrogens (tertiary/aromatic N) is 1. The van der Waals surface area contributed by atoms with Crippen molar-refractivity contribution >= 4 is 31.3 Å². The highest BCUT2D eigenvalue weighted by atomic mass is 32.2. The highest BCUT2D eigenvalue weighted by Gasteiger charge is 2.19. The van der Waals surface area contributed by atoms with Crippen LogP contribution in [0.4, 0.5) is 5.69 Å². The third kappa shape index (κ3) is 6.00. The Morgan fingerprint density at radius 1 is 0.774 bits per heavy atom. The van der Waals surface area contributed by atoms with Gasteiger partial charge in [-0.2, -0.15) is 5.10 Å². The van der Waals surface area contributed by atoms with Gasteiger partial charge < -0.3 is 0 Å². The molecule has 3 rings (SSSR count). The molecule has 0 aromatic heterocycles. The van der Waals surface area contributed by atoms with Gasteiger partial charge in [0.2, 0.25) is 10.0 Å². The van der Waals surface area contributed by atoms with Crippen molar-refractivity contribution in [2.24, 2.45) is 10.2 Å². The normalized spacial score (nSPS) is 12.5. The summed E-state index contributed by atoms with van der Waals surface area (Å²) in [4.78, 5) is 0.193. The Hall–Kier alpha value is -3.01. The van der Waals surface area contributed by atoms with Crippen LogP contribution in [0.5, 0.6) is 0 Å². The quantitative estimate of drug-likeness (QED) is 0.417. The number of nitrogens with two attached hydrogens (primary N) is 1. The molecule has 0 spiro atoms. The molecule has 0 unspecified atom stereocenters. The fraction of sp³-hybridized carbons (Fsp3) is 0.136. The zero-order valence-electron chi connectivity index (χ0n) is 17.1. The Bertz CT molecular complexity index is 1300. The molecule has 0 aliphatic rings. The Morgan fingerprint density at radius 2 is 1.26 bits per heavy atom. The third-order valence-electron chi connectivity index (χ3n) is 4.59. The van der Waals surface area contributed by atoms with Crippen molar-refractivity contribution in [2.75, 3.05) is 11.2 Å². The molecule has 0 heterocycles. The second-order valence-electron chi connectivity index (χ2n) is 7.18. The van der Waals surface area contributed by atoms with Crippen molar-refractivity contribution < 1.29 is 16.8 Å². The van der Waals surface area contributed by atoms with Crippen LogP contribution in [-0.2, 0) is 19.9 Å². The molecule has 0 amide bonds. The van der Waals surface area contributed by atoms with E-state index in [9.17, 15) is 16.8 Å². The minimum atomic E-state index is -3.80. The van der Waals surface area contributed by atoms with E-state index in [0.29, 0.717) is 17.0 Å². The van der Waals surface area contributed by atoms with Crippen LogP contribution in [0.3, 0.4) is 0 Å². The molecule has 0 aliphatic heterocycles. The van der Waals surface area contributed by atoms with Crippen LogP contribution in [0, 0.1) is 13.8 Å². The fourth-order valence-corrected chi connectivity index (χ4v) is 4.61. The van der Waals surface area contributed by atoms with E-state index in [1.807, 2.05) is 38.1 Å². The molecule has 0 saturated carbocycles. The SMILES string of the molecule is Cc1ccc(/C(CS(=O)(=O)c2ccc(C)cc2)=N/Nc2ccc(S(N)(=O)=O)cc2)cc1. The summed E-state index contributed by atoms with van der Waals surface area (Å²) in [6.45, 7) is 3.83. The standard InChI is InChI=1S/C22H23N3O4S2/c1-16-3-7-18(8-4-16)22(15-30(26,27)20-11-5-17(2)6-12-20)25-24-19-9-13-21(14-10-19)31(23,28)29/h3-14,24H,15H2,1-2H3,(H2,23,28,29)/b25-22+. The van der Waals surface area contributed by atoms with Crippen molar-refractivity contribution in [1.29, 1.82) is 0 Å². The Balaban J connectivity index is 1.93. The highest BCUT2D eigenvalue weighted by molar-refractivity contribution is 7.92. The molecule has 162 valence electrons. The first-order chi connectivity index (χ1) is 14.5. The van der Waals surface area contributed by atoms with Gasteiger partial charge >= 0.3 is 0 Å². The maximum atomic E-state index is 13.0. The fourth-order valence-electron chi connectivity index (χ4n) is 2.79. The molecule has 3 aromatic rings. The summed E-state index contributed by atoms with van der Waals surface area (Å²) < 4.78 is 48.7. The van der Waals surface area contributed by atoms with Gasteiger partial charge in [-0.05, 0) is 55.8 Å². The van der Waals surface area contributed by atoms with Gasteiger partial charge in [-0.1, -0.05) is 47.5 Å². The van der Waals surface area contributed by atoms with Crippen molar-refractivity contribution in [3.05, 3.63) is 89.5 Å².